The summed E-state index contributed by atoms with van der Waals surface area (Å²) < 4.78 is 0. The molecular weight excluding hydrogens is 146 g/mol. The van der Waals surface area contributed by atoms with Gasteiger partial charge in [0, 0.05) is 0 Å². The maximum absolute atomic E-state index is 10.8. The van der Waals surface area contributed by atoms with Crippen molar-refractivity contribution in [2.24, 2.45) is 10.7 Å². The minimum Gasteiger partial charge on any atom is -0.319 e. The quantitative estimate of drug-likeness (QED) is 0.509. The lowest BCUT2D eigenvalue weighted by atomic mass is 10.2. The highest BCUT2D eigenvalue weighted by atomic mass is 16.2. The van der Waals surface area contributed by atoms with Crippen LogP contribution in [0.2, 0.25) is 0 Å². The number of nitrogens with one attached hydrogen (secondary N) is 1. The number of hydrogen-bond acceptors (Lipinski definition) is 3. The molecule has 0 saturated carbocycles. The second kappa shape index (κ2) is 2.63. The van der Waals surface area contributed by atoms with Gasteiger partial charge in [-0.25, -0.2) is 4.79 Å². The molecule has 1 heterocycles. The van der Waals surface area contributed by atoms with Gasteiger partial charge in [-0.1, -0.05) is 6.08 Å². The first-order valence-corrected chi connectivity index (χ1v) is 2.97. The van der Waals surface area contributed by atoms with Crippen LogP contribution >= 0.6 is 0 Å². The Morgan fingerprint density at radius 3 is 2.64 bits per heavy atom. The normalized spacial score (nSPS) is 19.2. The second-order valence-corrected chi connectivity index (χ2v) is 2.02. The van der Waals surface area contributed by atoms with Crippen molar-refractivity contribution in [2.45, 2.75) is 6.04 Å². The molecule has 1 aliphatic rings. The average molecular weight is 153 g/mol. The molecule has 0 spiro atoms. The van der Waals surface area contributed by atoms with Gasteiger partial charge in [0.1, 0.15) is 5.71 Å². The van der Waals surface area contributed by atoms with Gasteiger partial charge in [-0.15, -0.1) is 6.58 Å². The Balaban J connectivity index is 2.87. The van der Waals surface area contributed by atoms with Gasteiger partial charge in [0.15, 0.2) is 0 Å². The van der Waals surface area contributed by atoms with Crippen molar-refractivity contribution >= 4 is 17.6 Å². The Morgan fingerprint density at radius 2 is 2.27 bits per heavy atom. The van der Waals surface area contributed by atoms with E-state index in [0.29, 0.717) is 0 Å². The molecule has 1 rings (SSSR count). The van der Waals surface area contributed by atoms with E-state index >= 15 is 0 Å². The number of hydrogen-bond donors (Lipinski definition) is 2. The first-order valence-electron chi connectivity index (χ1n) is 2.97. The second-order valence-electron chi connectivity index (χ2n) is 2.02. The van der Waals surface area contributed by atoms with E-state index in [0.717, 1.165) is 0 Å². The predicted octanol–water partition coefficient (Wildman–Crippen LogP) is -0.810. The molecule has 11 heavy (non-hydrogen) atoms. The zero-order valence-electron chi connectivity index (χ0n) is 5.70. The van der Waals surface area contributed by atoms with Crippen molar-refractivity contribution < 1.29 is 9.59 Å². The molecule has 1 atom stereocenters. The van der Waals surface area contributed by atoms with Crippen LogP contribution in [-0.4, -0.2) is 23.7 Å². The van der Waals surface area contributed by atoms with Crippen LogP contribution in [0.15, 0.2) is 17.6 Å². The number of imide groups is 1. The third kappa shape index (κ3) is 1.32. The Hall–Kier alpha value is -1.49. The van der Waals surface area contributed by atoms with Gasteiger partial charge in [-0.3, -0.25) is 10.1 Å². The lowest BCUT2D eigenvalue weighted by Crippen LogP contribution is -2.36. The van der Waals surface area contributed by atoms with Gasteiger partial charge in [0.25, 0.3) is 5.91 Å². The Kier molecular flexibility index (Phi) is 1.82. The standard InChI is InChI=1S/C6H7N3O2/c1-2-3(7)4-5(10)9-6(11)8-4/h2-3H,1,7H2,(H,9,10,11). The number of carbonyl (C=O) groups excluding carboxylic acids is 2. The molecule has 5 nitrogen and oxygen atoms in total. The number of carbonyl (C=O) groups is 2. The molecule has 0 aromatic heterocycles. The summed E-state index contributed by atoms with van der Waals surface area (Å²) in [5.41, 5.74) is 5.39. The number of amides is 3. The van der Waals surface area contributed by atoms with Gasteiger partial charge >= 0.3 is 6.03 Å². The van der Waals surface area contributed by atoms with Crippen molar-refractivity contribution in [3.63, 3.8) is 0 Å². The number of urea groups is 1. The Labute approximate surface area is 63.0 Å². The number of nitrogens with zero attached hydrogens (tertiary/aromatic N) is 1. The van der Waals surface area contributed by atoms with Gasteiger partial charge < -0.3 is 5.73 Å². The Morgan fingerprint density at radius 1 is 1.64 bits per heavy atom. The van der Waals surface area contributed by atoms with E-state index in [1.54, 1.807) is 0 Å². The van der Waals surface area contributed by atoms with E-state index in [9.17, 15) is 9.59 Å². The van der Waals surface area contributed by atoms with Crippen LogP contribution in [0.1, 0.15) is 0 Å². The van der Waals surface area contributed by atoms with Gasteiger partial charge in [-0.2, -0.15) is 4.99 Å². The number of aliphatic imine (C=N–C) groups is 1. The molecule has 58 valence electrons. The third-order valence-electron chi connectivity index (χ3n) is 1.24. The van der Waals surface area contributed by atoms with Crippen LogP contribution in [0.4, 0.5) is 4.79 Å². The summed E-state index contributed by atoms with van der Waals surface area (Å²) in [6, 6.07) is -1.33. The zero-order chi connectivity index (χ0) is 8.43. The molecule has 3 N–H and O–H groups in total. The average Bonchev–Trinajstić information content (AvgIpc) is 2.28. The maximum Gasteiger partial charge on any atom is 0.348 e. The van der Waals surface area contributed by atoms with Crippen LogP contribution in [0.25, 0.3) is 0 Å². The summed E-state index contributed by atoms with van der Waals surface area (Å²) in [6.07, 6.45) is 1.34. The highest BCUT2D eigenvalue weighted by Gasteiger charge is 2.25. The SMILES string of the molecule is C=CC(N)C1=NC(=O)NC1=O. The van der Waals surface area contributed by atoms with Gasteiger partial charge in [-0.05, 0) is 0 Å². The lowest BCUT2D eigenvalue weighted by molar-refractivity contribution is -0.113. The molecule has 3 amide bonds. The molecule has 0 bridgehead atoms. The molecule has 0 fully saturated rings. The molecule has 0 aromatic rings. The minimum absolute atomic E-state index is 0.0185. The monoisotopic (exact) mass is 153 g/mol. The van der Waals surface area contributed by atoms with E-state index < -0.39 is 18.0 Å². The topological polar surface area (TPSA) is 84.5 Å². The molecule has 1 aliphatic heterocycles. The van der Waals surface area contributed by atoms with Crippen LogP contribution in [0.5, 0.6) is 0 Å². The molecular formula is C6H7N3O2. The zero-order valence-corrected chi connectivity index (χ0v) is 5.70. The first-order chi connectivity index (χ1) is 5.15. The smallest absolute Gasteiger partial charge is 0.319 e. The van der Waals surface area contributed by atoms with Gasteiger partial charge in [0.2, 0.25) is 0 Å². The Bertz CT molecular complexity index is 257. The van der Waals surface area contributed by atoms with Crippen molar-refractivity contribution in [1.29, 1.82) is 0 Å². The van der Waals surface area contributed by atoms with Crippen molar-refractivity contribution in [3.8, 4) is 0 Å². The molecule has 5 heteroatoms. The summed E-state index contributed by atoms with van der Waals surface area (Å²) in [5.74, 6) is -0.539. The third-order valence-corrected chi connectivity index (χ3v) is 1.24. The van der Waals surface area contributed by atoms with Gasteiger partial charge in [0.05, 0.1) is 6.04 Å². The van der Waals surface area contributed by atoms with Crippen molar-refractivity contribution in [2.75, 3.05) is 0 Å². The number of rotatable bonds is 2. The predicted molar refractivity (Wildman–Crippen MR) is 39.1 cm³/mol. The van der Waals surface area contributed by atoms with Crippen LogP contribution in [0, 0.1) is 0 Å². The first kappa shape index (κ1) is 7.62. The van der Waals surface area contributed by atoms with E-state index in [-0.39, 0.29) is 5.71 Å². The lowest BCUT2D eigenvalue weighted by Gasteiger charge is -2.00. The highest BCUT2D eigenvalue weighted by molar-refractivity contribution is 6.48. The summed E-state index contributed by atoms with van der Waals surface area (Å²) in [7, 11) is 0. The molecule has 0 radical (unpaired) electrons. The van der Waals surface area contributed by atoms with E-state index in [4.69, 9.17) is 5.73 Å². The molecule has 0 aliphatic carbocycles. The van der Waals surface area contributed by atoms with E-state index in [1.807, 2.05) is 5.32 Å². The summed E-state index contributed by atoms with van der Waals surface area (Å²) in [4.78, 5) is 24.6. The molecule has 0 aromatic carbocycles. The van der Waals surface area contributed by atoms with Crippen LogP contribution in [-0.2, 0) is 4.79 Å². The summed E-state index contributed by atoms with van der Waals surface area (Å²) in [5, 5.41) is 1.97. The summed E-state index contributed by atoms with van der Waals surface area (Å²) >= 11 is 0. The maximum atomic E-state index is 10.8. The van der Waals surface area contributed by atoms with Crippen molar-refractivity contribution in [3.05, 3.63) is 12.7 Å². The number of nitrogens with two attached hydrogens (primary N) is 1. The van der Waals surface area contributed by atoms with E-state index in [1.165, 1.54) is 6.08 Å². The highest BCUT2D eigenvalue weighted by Crippen LogP contribution is 1.96. The molecule has 0 saturated heterocycles. The van der Waals surface area contributed by atoms with E-state index in [2.05, 4.69) is 11.6 Å². The minimum atomic E-state index is -0.665. The fraction of sp³-hybridized carbons (Fsp3) is 0.167. The van der Waals surface area contributed by atoms with Crippen LogP contribution in [0.3, 0.4) is 0 Å². The van der Waals surface area contributed by atoms with Crippen molar-refractivity contribution in [1.82, 2.24) is 5.32 Å². The fourth-order valence-corrected chi connectivity index (χ4v) is 0.687. The fourth-order valence-electron chi connectivity index (χ4n) is 0.687. The summed E-state index contributed by atoms with van der Waals surface area (Å²) in [6.45, 7) is 3.37. The van der Waals surface area contributed by atoms with Crippen LogP contribution < -0.4 is 11.1 Å². The largest absolute Gasteiger partial charge is 0.348 e. The molecule has 1 unspecified atom stereocenters.